The lowest BCUT2D eigenvalue weighted by Gasteiger charge is -2.04. The Balaban J connectivity index is 2.17. The van der Waals surface area contributed by atoms with Crippen LogP contribution in [0, 0.1) is 0 Å². The van der Waals surface area contributed by atoms with E-state index in [4.69, 9.17) is 4.74 Å². The van der Waals surface area contributed by atoms with E-state index in [1.807, 2.05) is 30.5 Å². The fourth-order valence-corrected chi connectivity index (χ4v) is 1.52. The predicted molar refractivity (Wildman–Crippen MR) is 60.0 cm³/mol. The van der Waals surface area contributed by atoms with Gasteiger partial charge in [-0.2, -0.15) is 0 Å². The molecule has 0 aliphatic carbocycles. The van der Waals surface area contributed by atoms with Crippen molar-refractivity contribution in [3.05, 3.63) is 59.9 Å². The van der Waals surface area contributed by atoms with Gasteiger partial charge in [0.05, 0.1) is 7.11 Å². The zero-order chi connectivity index (χ0) is 10.5. The van der Waals surface area contributed by atoms with Crippen LogP contribution in [0.1, 0.15) is 11.1 Å². The molecule has 0 aliphatic heterocycles. The van der Waals surface area contributed by atoms with E-state index in [2.05, 4.69) is 17.1 Å². The molecule has 15 heavy (non-hydrogen) atoms. The molecule has 0 amide bonds. The molecular formula is C13H13NO. The van der Waals surface area contributed by atoms with Gasteiger partial charge in [0.2, 0.25) is 0 Å². The fraction of sp³-hybridized carbons (Fsp3) is 0.154. The number of hydrogen-bond acceptors (Lipinski definition) is 2. The van der Waals surface area contributed by atoms with Gasteiger partial charge in [-0.3, -0.25) is 4.98 Å². The van der Waals surface area contributed by atoms with E-state index in [1.165, 1.54) is 11.1 Å². The molecule has 0 atom stereocenters. The van der Waals surface area contributed by atoms with Crippen LogP contribution in [0.5, 0.6) is 5.75 Å². The molecule has 76 valence electrons. The molecule has 0 radical (unpaired) electrons. The van der Waals surface area contributed by atoms with Crippen LogP contribution in [0.25, 0.3) is 0 Å². The van der Waals surface area contributed by atoms with Crippen LogP contribution in [0.4, 0.5) is 0 Å². The predicted octanol–water partition coefficient (Wildman–Crippen LogP) is 2.68. The minimum absolute atomic E-state index is 0.894. The lowest BCUT2D eigenvalue weighted by atomic mass is 10.1. The van der Waals surface area contributed by atoms with Gasteiger partial charge in [0.25, 0.3) is 0 Å². The number of nitrogens with zero attached hydrogens (tertiary/aromatic N) is 1. The Morgan fingerprint density at radius 1 is 1.13 bits per heavy atom. The van der Waals surface area contributed by atoms with Crippen LogP contribution in [-0.2, 0) is 6.42 Å². The van der Waals surface area contributed by atoms with Crippen LogP contribution in [0.15, 0.2) is 48.8 Å². The maximum absolute atomic E-state index is 5.18. The normalized spacial score (nSPS) is 9.93. The van der Waals surface area contributed by atoms with E-state index >= 15 is 0 Å². The molecule has 2 aromatic rings. The second-order valence-corrected chi connectivity index (χ2v) is 3.39. The van der Waals surface area contributed by atoms with Gasteiger partial charge in [0, 0.05) is 12.4 Å². The average Bonchev–Trinajstić information content (AvgIpc) is 2.31. The zero-order valence-electron chi connectivity index (χ0n) is 8.68. The average molecular weight is 199 g/mol. The molecule has 0 aliphatic rings. The van der Waals surface area contributed by atoms with Crippen molar-refractivity contribution in [2.75, 3.05) is 7.11 Å². The van der Waals surface area contributed by atoms with E-state index < -0.39 is 0 Å². The molecule has 2 heteroatoms. The van der Waals surface area contributed by atoms with Gasteiger partial charge in [-0.15, -0.1) is 0 Å². The molecule has 1 aromatic heterocycles. The third-order valence-electron chi connectivity index (χ3n) is 2.27. The Hall–Kier alpha value is -1.83. The number of aromatic nitrogens is 1. The summed E-state index contributed by atoms with van der Waals surface area (Å²) in [7, 11) is 1.68. The van der Waals surface area contributed by atoms with Crippen molar-refractivity contribution in [2.45, 2.75) is 6.42 Å². The van der Waals surface area contributed by atoms with Crippen LogP contribution < -0.4 is 4.74 Å². The molecule has 0 saturated heterocycles. The highest BCUT2D eigenvalue weighted by Gasteiger charge is 1.97. The number of pyridine rings is 1. The summed E-state index contributed by atoms with van der Waals surface area (Å²) in [6.07, 6.45) is 4.57. The molecule has 0 N–H and O–H groups in total. The van der Waals surface area contributed by atoms with E-state index in [0.29, 0.717) is 0 Å². The Morgan fingerprint density at radius 3 is 2.73 bits per heavy atom. The van der Waals surface area contributed by atoms with Crippen LogP contribution >= 0.6 is 0 Å². The molecule has 0 fully saturated rings. The summed E-state index contributed by atoms with van der Waals surface area (Å²) in [4.78, 5) is 4.09. The largest absolute Gasteiger partial charge is 0.497 e. The van der Waals surface area contributed by atoms with Gasteiger partial charge in [-0.1, -0.05) is 18.2 Å². The molecule has 0 bridgehead atoms. The van der Waals surface area contributed by atoms with Crippen molar-refractivity contribution in [2.24, 2.45) is 0 Å². The number of ether oxygens (including phenoxy) is 1. The van der Waals surface area contributed by atoms with Crippen molar-refractivity contribution >= 4 is 0 Å². The van der Waals surface area contributed by atoms with Crippen molar-refractivity contribution in [1.29, 1.82) is 0 Å². The summed E-state index contributed by atoms with van der Waals surface area (Å²) in [6, 6.07) is 12.1. The first kappa shape index (κ1) is 9.71. The van der Waals surface area contributed by atoms with Crippen LogP contribution in [0.2, 0.25) is 0 Å². The SMILES string of the molecule is COc1cccc(Cc2cccnc2)c1. The van der Waals surface area contributed by atoms with E-state index in [1.54, 1.807) is 13.3 Å². The maximum Gasteiger partial charge on any atom is 0.119 e. The lowest BCUT2D eigenvalue weighted by Crippen LogP contribution is -1.90. The fourth-order valence-electron chi connectivity index (χ4n) is 1.52. The smallest absolute Gasteiger partial charge is 0.119 e. The van der Waals surface area contributed by atoms with Crippen molar-refractivity contribution in [3.63, 3.8) is 0 Å². The summed E-state index contributed by atoms with van der Waals surface area (Å²) in [5.41, 5.74) is 2.45. The molecule has 2 rings (SSSR count). The van der Waals surface area contributed by atoms with Gasteiger partial charge >= 0.3 is 0 Å². The second kappa shape index (κ2) is 4.60. The highest BCUT2D eigenvalue weighted by Crippen LogP contribution is 2.15. The molecule has 0 unspecified atom stereocenters. The van der Waals surface area contributed by atoms with Gasteiger partial charge < -0.3 is 4.74 Å². The minimum Gasteiger partial charge on any atom is -0.497 e. The van der Waals surface area contributed by atoms with Crippen molar-refractivity contribution < 1.29 is 4.74 Å². The van der Waals surface area contributed by atoms with Gasteiger partial charge in [0.1, 0.15) is 5.75 Å². The van der Waals surface area contributed by atoms with Gasteiger partial charge in [0.15, 0.2) is 0 Å². The molecule has 1 heterocycles. The topological polar surface area (TPSA) is 22.1 Å². The Bertz CT molecular complexity index is 426. The maximum atomic E-state index is 5.18. The standard InChI is InChI=1S/C13H13NO/c1-15-13-6-2-4-11(9-13)8-12-5-3-7-14-10-12/h2-7,9-10H,8H2,1H3. The first-order valence-corrected chi connectivity index (χ1v) is 4.90. The highest BCUT2D eigenvalue weighted by atomic mass is 16.5. The first-order chi connectivity index (χ1) is 7.38. The van der Waals surface area contributed by atoms with Crippen LogP contribution in [0.3, 0.4) is 0 Å². The first-order valence-electron chi connectivity index (χ1n) is 4.90. The van der Waals surface area contributed by atoms with Gasteiger partial charge in [-0.25, -0.2) is 0 Å². The van der Waals surface area contributed by atoms with E-state index in [-0.39, 0.29) is 0 Å². The quantitative estimate of drug-likeness (QED) is 0.758. The zero-order valence-corrected chi connectivity index (χ0v) is 8.68. The van der Waals surface area contributed by atoms with Crippen molar-refractivity contribution in [3.8, 4) is 5.75 Å². The van der Waals surface area contributed by atoms with Crippen LogP contribution in [-0.4, -0.2) is 12.1 Å². The van der Waals surface area contributed by atoms with Crippen molar-refractivity contribution in [1.82, 2.24) is 4.98 Å². The number of rotatable bonds is 3. The Morgan fingerprint density at radius 2 is 2.00 bits per heavy atom. The molecule has 1 aromatic carbocycles. The highest BCUT2D eigenvalue weighted by molar-refractivity contribution is 5.31. The summed E-state index contributed by atoms with van der Waals surface area (Å²) >= 11 is 0. The lowest BCUT2D eigenvalue weighted by molar-refractivity contribution is 0.414. The van der Waals surface area contributed by atoms with Gasteiger partial charge in [-0.05, 0) is 35.7 Å². The Kier molecular flexibility index (Phi) is 2.98. The summed E-state index contributed by atoms with van der Waals surface area (Å²) in [6.45, 7) is 0. The molecule has 0 spiro atoms. The summed E-state index contributed by atoms with van der Waals surface area (Å²) in [5, 5.41) is 0. The minimum atomic E-state index is 0.894. The van der Waals surface area contributed by atoms with E-state index in [9.17, 15) is 0 Å². The van der Waals surface area contributed by atoms with E-state index in [0.717, 1.165) is 12.2 Å². The third-order valence-corrected chi connectivity index (χ3v) is 2.27. The monoisotopic (exact) mass is 199 g/mol. The summed E-state index contributed by atoms with van der Waals surface area (Å²) in [5.74, 6) is 0.899. The molecular weight excluding hydrogens is 186 g/mol. The molecule has 2 nitrogen and oxygen atoms in total. The number of hydrogen-bond donors (Lipinski definition) is 0. The third kappa shape index (κ3) is 2.56. The number of methoxy groups -OCH3 is 1. The molecule has 0 saturated carbocycles. The Labute approximate surface area is 89.6 Å². The number of benzene rings is 1. The summed E-state index contributed by atoms with van der Waals surface area (Å²) < 4.78 is 5.18. The second-order valence-electron chi connectivity index (χ2n) is 3.39.